The largest absolute Gasteiger partial charge is 0.458 e. The first-order valence-corrected chi connectivity index (χ1v) is 3.09. The van der Waals surface area contributed by atoms with Crippen molar-refractivity contribution in [3.63, 3.8) is 0 Å². The monoisotopic (exact) mass is 140 g/mol. The van der Waals surface area contributed by atoms with Gasteiger partial charge in [-0.2, -0.15) is 0 Å². The minimum atomic E-state index is 0.641. The van der Waals surface area contributed by atoms with E-state index in [9.17, 15) is 0 Å². The summed E-state index contributed by atoms with van der Waals surface area (Å²) in [5.41, 5.74) is 1.96. The van der Waals surface area contributed by atoms with Crippen molar-refractivity contribution in [2.75, 3.05) is 0 Å². The molecule has 1 heterocycles. The van der Waals surface area contributed by atoms with E-state index in [-0.39, 0.29) is 0 Å². The van der Waals surface area contributed by atoms with Crippen LogP contribution in [0.3, 0.4) is 0 Å². The molecule has 0 fully saturated rings. The Kier molecular flexibility index (Phi) is 1.67. The van der Waals surface area contributed by atoms with Gasteiger partial charge in [-0.05, 0) is 18.6 Å². The molecule has 0 saturated heterocycles. The minimum Gasteiger partial charge on any atom is -0.458 e. The van der Waals surface area contributed by atoms with Gasteiger partial charge in [0.25, 0.3) is 0 Å². The van der Waals surface area contributed by atoms with Gasteiger partial charge >= 0.3 is 0 Å². The van der Waals surface area contributed by atoms with Crippen LogP contribution in [0, 0.1) is 0 Å². The molecule has 2 heteroatoms. The van der Waals surface area contributed by atoms with Gasteiger partial charge in [0.2, 0.25) is 0 Å². The van der Waals surface area contributed by atoms with E-state index in [2.05, 4.69) is 19.2 Å². The van der Waals surface area contributed by atoms with Crippen molar-refractivity contribution in [1.82, 2.24) is 0 Å². The second-order valence-corrected chi connectivity index (χ2v) is 2.33. The Labute approximate surface area is 59.8 Å². The van der Waals surface area contributed by atoms with Crippen LogP contribution in [-0.4, -0.2) is 0 Å². The first-order valence-electron chi connectivity index (χ1n) is 2.64. The maximum Gasteiger partial charge on any atom is 0.164 e. The summed E-state index contributed by atoms with van der Waals surface area (Å²) in [6, 6.07) is 1.85. The number of allylic oxidation sites excluding steroid dienone is 1. The van der Waals surface area contributed by atoms with Crippen LogP contribution < -0.4 is 0 Å². The third-order valence-corrected chi connectivity index (χ3v) is 1.45. The topological polar surface area (TPSA) is 13.1 Å². The summed E-state index contributed by atoms with van der Waals surface area (Å²) in [5.74, 6) is 0. The molecule has 0 bridgehead atoms. The van der Waals surface area contributed by atoms with Crippen molar-refractivity contribution in [3.05, 3.63) is 24.5 Å². The van der Waals surface area contributed by atoms with Crippen molar-refractivity contribution < 1.29 is 4.42 Å². The molecule has 0 N–H and O–H groups in total. The Morgan fingerprint density at radius 1 is 1.78 bits per heavy atom. The maximum absolute atomic E-state index is 4.93. The molecule has 0 spiro atoms. The average Bonchev–Trinajstić information content (AvgIpc) is 2.13. The third kappa shape index (κ3) is 1.19. The van der Waals surface area contributed by atoms with E-state index in [0.29, 0.717) is 5.09 Å². The van der Waals surface area contributed by atoms with Gasteiger partial charge in [-0.25, -0.2) is 0 Å². The molecule has 0 unspecified atom stereocenters. The third-order valence-electron chi connectivity index (χ3n) is 1.10. The number of rotatable bonds is 1. The molecule has 0 aromatic carbocycles. The minimum absolute atomic E-state index is 0.641. The zero-order valence-electron chi connectivity index (χ0n) is 5.22. The predicted octanol–water partition coefficient (Wildman–Crippen LogP) is 2.60. The molecule has 1 aromatic rings. The maximum atomic E-state index is 4.93. The fraction of sp³-hybridized carbons (Fsp3) is 0.143. The van der Waals surface area contributed by atoms with Gasteiger partial charge in [-0.1, -0.05) is 6.58 Å². The number of hydrogen-bond acceptors (Lipinski definition) is 2. The van der Waals surface area contributed by atoms with E-state index < -0.39 is 0 Å². The summed E-state index contributed by atoms with van der Waals surface area (Å²) < 4.78 is 4.93. The Morgan fingerprint density at radius 2 is 2.44 bits per heavy atom. The fourth-order valence-electron chi connectivity index (χ4n) is 0.626. The highest BCUT2D eigenvalue weighted by atomic mass is 32.1. The van der Waals surface area contributed by atoms with E-state index in [1.54, 1.807) is 6.26 Å². The zero-order valence-corrected chi connectivity index (χ0v) is 6.11. The standard InChI is InChI=1S/C7H8OS/c1-5(2)6-3-4-8-7(6)9/h3-4,9H,1H2,2H3. The van der Waals surface area contributed by atoms with Crippen LogP contribution in [0.2, 0.25) is 0 Å². The van der Waals surface area contributed by atoms with Gasteiger partial charge < -0.3 is 4.42 Å². The molecule has 48 valence electrons. The van der Waals surface area contributed by atoms with Crippen molar-refractivity contribution in [1.29, 1.82) is 0 Å². The smallest absolute Gasteiger partial charge is 0.164 e. The van der Waals surface area contributed by atoms with Gasteiger partial charge in [0.05, 0.1) is 6.26 Å². The van der Waals surface area contributed by atoms with Crippen molar-refractivity contribution in [2.24, 2.45) is 0 Å². The first-order chi connectivity index (χ1) is 4.22. The SMILES string of the molecule is C=C(C)c1ccoc1S. The lowest BCUT2D eigenvalue weighted by Crippen LogP contribution is -1.70. The molecule has 0 saturated carbocycles. The molecule has 9 heavy (non-hydrogen) atoms. The summed E-state index contributed by atoms with van der Waals surface area (Å²) in [5, 5.41) is 0.641. The van der Waals surface area contributed by atoms with Gasteiger partial charge in [0, 0.05) is 5.56 Å². The van der Waals surface area contributed by atoms with Crippen LogP contribution in [-0.2, 0) is 0 Å². The number of hydrogen-bond donors (Lipinski definition) is 1. The van der Waals surface area contributed by atoms with E-state index in [1.165, 1.54) is 0 Å². The average molecular weight is 140 g/mol. The number of thiol groups is 1. The molecular formula is C7H8OS. The Balaban J connectivity index is 3.08. The van der Waals surface area contributed by atoms with Crippen LogP contribution in [0.15, 0.2) is 28.4 Å². The molecule has 1 rings (SSSR count). The predicted molar refractivity (Wildman–Crippen MR) is 40.7 cm³/mol. The summed E-state index contributed by atoms with van der Waals surface area (Å²) in [6.45, 7) is 5.67. The van der Waals surface area contributed by atoms with Crippen molar-refractivity contribution >= 4 is 18.2 Å². The van der Waals surface area contributed by atoms with Gasteiger partial charge in [0.15, 0.2) is 5.09 Å². The molecule has 0 aliphatic rings. The highest BCUT2D eigenvalue weighted by Crippen LogP contribution is 2.20. The lowest BCUT2D eigenvalue weighted by atomic mass is 10.2. The zero-order chi connectivity index (χ0) is 6.85. The first kappa shape index (κ1) is 6.49. The molecule has 1 aromatic heterocycles. The lowest BCUT2D eigenvalue weighted by molar-refractivity contribution is 0.475. The van der Waals surface area contributed by atoms with Crippen molar-refractivity contribution in [2.45, 2.75) is 12.0 Å². The van der Waals surface area contributed by atoms with Gasteiger partial charge in [-0.3, -0.25) is 0 Å². The molecule has 0 amide bonds. The quantitative estimate of drug-likeness (QED) is 0.592. The molecule has 0 radical (unpaired) electrons. The van der Waals surface area contributed by atoms with Crippen LogP contribution in [0.5, 0.6) is 0 Å². The Morgan fingerprint density at radius 3 is 2.67 bits per heavy atom. The van der Waals surface area contributed by atoms with Crippen LogP contribution in [0.4, 0.5) is 0 Å². The molecule has 0 atom stereocenters. The summed E-state index contributed by atoms with van der Waals surface area (Å²) >= 11 is 4.06. The van der Waals surface area contributed by atoms with Crippen LogP contribution >= 0.6 is 12.6 Å². The lowest BCUT2D eigenvalue weighted by Gasteiger charge is -1.91. The Bertz CT molecular complexity index is 225. The molecule has 0 aliphatic carbocycles. The van der Waals surface area contributed by atoms with Crippen LogP contribution in [0.25, 0.3) is 5.57 Å². The summed E-state index contributed by atoms with van der Waals surface area (Å²) in [7, 11) is 0. The highest BCUT2D eigenvalue weighted by molar-refractivity contribution is 7.80. The molecule has 0 aliphatic heterocycles. The van der Waals surface area contributed by atoms with Crippen LogP contribution in [0.1, 0.15) is 12.5 Å². The summed E-state index contributed by atoms with van der Waals surface area (Å²) in [6.07, 6.45) is 1.60. The number of furan rings is 1. The second kappa shape index (κ2) is 2.31. The summed E-state index contributed by atoms with van der Waals surface area (Å²) in [4.78, 5) is 0. The van der Waals surface area contributed by atoms with Crippen molar-refractivity contribution in [3.8, 4) is 0 Å². The fourth-order valence-corrected chi connectivity index (χ4v) is 0.952. The van der Waals surface area contributed by atoms with E-state index in [4.69, 9.17) is 4.42 Å². The van der Waals surface area contributed by atoms with Gasteiger partial charge in [-0.15, -0.1) is 12.6 Å². The normalized spacial score (nSPS) is 9.56. The van der Waals surface area contributed by atoms with E-state index in [1.807, 2.05) is 13.0 Å². The highest BCUT2D eigenvalue weighted by Gasteiger charge is 1.99. The second-order valence-electron chi connectivity index (χ2n) is 1.92. The molecule has 1 nitrogen and oxygen atoms in total. The Hall–Kier alpha value is -0.630. The van der Waals surface area contributed by atoms with E-state index >= 15 is 0 Å². The van der Waals surface area contributed by atoms with Gasteiger partial charge in [0.1, 0.15) is 0 Å². The molecular weight excluding hydrogens is 132 g/mol. The van der Waals surface area contributed by atoms with E-state index in [0.717, 1.165) is 11.1 Å².